The molecule has 1 heterocycles. The molecule has 1 aromatic heterocycles. The lowest BCUT2D eigenvalue weighted by molar-refractivity contribution is 0.729. The van der Waals surface area contributed by atoms with Crippen LogP contribution in [-0.4, -0.2) is 28.8 Å². The van der Waals surface area contributed by atoms with Gasteiger partial charge in [-0.1, -0.05) is 24.3 Å². The Morgan fingerprint density at radius 3 is 2.54 bits per heavy atom. The van der Waals surface area contributed by atoms with E-state index in [2.05, 4.69) is 67.7 Å². The second-order valence-electron chi connectivity index (χ2n) is 6.07. The second-order valence-corrected chi connectivity index (χ2v) is 6.07. The zero-order valence-corrected chi connectivity index (χ0v) is 15.5. The average molecular weight is 327 g/mol. The molecular weight excluding hydrogens is 298 g/mol. The molecule has 5 nitrogen and oxygen atoms in total. The van der Waals surface area contributed by atoms with Crippen LogP contribution in [0, 0.1) is 20.8 Å². The second kappa shape index (κ2) is 8.52. The maximum absolute atomic E-state index is 4.70. The van der Waals surface area contributed by atoms with Gasteiger partial charge in [-0.05, 0) is 50.8 Å². The van der Waals surface area contributed by atoms with Crippen LogP contribution in [0.15, 0.2) is 29.3 Å². The summed E-state index contributed by atoms with van der Waals surface area (Å²) in [7, 11) is 1.99. The molecule has 24 heavy (non-hydrogen) atoms. The Morgan fingerprint density at radius 2 is 1.92 bits per heavy atom. The van der Waals surface area contributed by atoms with Gasteiger partial charge in [0.1, 0.15) is 0 Å². The van der Waals surface area contributed by atoms with Crippen LogP contribution in [0.1, 0.15) is 35.0 Å². The van der Waals surface area contributed by atoms with Crippen LogP contribution in [0.4, 0.5) is 0 Å². The summed E-state index contributed by atoms with van der Waals surface area (Å²) in [5.74, 6) is 0.861. The third-order valence-electron chi connectivity index (χ3n) is 4.34. The fourth-order valence-electron chi connectivity index (χ4n) is 2.78. The number of hydrogen-bond acceptors (Lipinski definition) is 2. The van der Waals surface area contributed by atoms with Crippen molar-refractivity contribution in [2.75, 3.05) is 13.1 Å². The van der Waals surface area contributed by atoms with Crippen LogP contribution in [0.5, 0.6) is 0 Å². The van der Waals surface area contributed by atoms with Gasteiger partial charge in [0, 0.05) is 25.8 Å². The molecule has 0 amide bonds. The van der Waals surface area contributed by atoms with E-state index in [9.17, 15) is 0 Å². The quantitative estimate of drug-likeness (QED) is 0.633. The first-order valence-electron chi connectivity index (χ1n) is 8.58. The summed E-state index contributed by atoms with van der Waals surface area (Å²) >= 11 is 0. The van der Waals surface area contributed by atoms with Crippen LogP contribution in [-0.2, 0) is 20.0 Å². The standard InChI is InChI=1S/C19H29N5/c1-6-20-19(22-13-17-10-8-7-9-14(17)2)21-12-11-18-15(3)23-24(5)16(18)4/h7-10H,6,11-13H2,1-5H3,(H2,20,21,22). The molecule has 0 bridgehead atoms. The van der Waals surface area contributed by atoms with E-state index in [0.717, 1.165) is 31.2 Å². The van der Waals surface area contributed by atoms with Crippen LogP contribution in [0.2, 0.25) is 0 Å². The number of benzene rings is 1. The summed E-state index contributed by atoms with van der Waals surface area (Å²) in [6.45, 7) is 10.8. The van der Waals surface area contributed by atoms with Crippen LogP contribution in [0.25, 0.3) is 0 Å². The molecule has 130 valence electrons. The van der Waals surface area contributed by atoms with E-state index in [-0.39, 0.29) is 0 Å². The Hall–Kier alpha value is -2.30. The Labute approximate surface area is 145 Å². The van der Waals surface area contributed by atoms with Gasteiger partial charge >= 0.3 is 0 Å². The molecule has 0 aliphatic heterocycles. The summed E-state index contributed by atoms with van der Waals surface area (Å²) in [6, 6.07) is 8.38. The summed E-state index contributed by atoms with van der Waals surface area (Å²) in [4.78, 5) is 4.70. The molecule has 2 aromatic rings. The molecule has 0 spiro atoms. The number of nitrogens with one attached hydrogen (secondary N) is 2. The van der Waals surface area contributed by atoms with Crippen molar-refractivity contribution in [3.05, 3.63) is 52.3 Å². The minimum atomic E-state index is 0.687. The first-order chi connectivity index (χ1) is 11.5. The first kappa shape index (κ1) is 18.0. The third kappa shape index (κ3) is 4.60. The van der Waals surface area contributed by atoms with Gasteiger partial charge < -0.3 is 10.6 Å². The molecule has 0 fully saturated rings. The zero-order chi connectivity index (χ0) is 17.5. The minimum absolute atomic E-state index is 0.687. The van der Waals surface area contributed by atoms with Gasteiger partial charge in [-0.15, -0.1) is 0 Å². The molecule has 0 saturated carbocycles. The maximum atomic E-state index is 4.70. The normalized spacial score (nSPS) is 11.6. The van der Waals surface area contributed by atoms with Gasteiger partial charge in [0.05, 0.1) is 12.2 Å². The van der Waals surface area contributed by atoms with E-state index < -0.39 is 0 Å². The van der Waals surface area contributed by atoms with Gasteiger partial charge in [0.25, 0.3) is 0 Å². The van der Waals surface area contributed by atoms with Crippen molar-refractivity contribution in [1.82, 2.24) is 20.4 Å². The maximum Gasteiger partial charge on any atom is 0.191 e. The number of hydrogen-bond donors (Lipinski definition) is 2. The topological polar surface area (TPSA) is 54.2 Å². The molecule has 0 aliphatic rings. The molecule has 2 N–H and O–H groups in total. The SMILES string of the molecule is CCNC(=NCc1ccccc1C)NCCc1c(C)nn(C)c1C. The smallest absolute Gasteiger partial charge is 0.191 e. The Bertz CT molecular complexity index is 700. The number of aryl methyl sites for hydroxylation is 3. The van der Waals surface area contributed by atoms with Crippen molar-refractivity contribution in [3.63, 3.8) is 0 Å². The number of aromatic nitrogens is 2. The summed E-state index contributed by atoms with van der Waals surface area (Å²) in [6.07, 6.45) is 0.945. The van der Waals surface area contributed by atoms with Crippen LogP contribution < -0.4 is 10.6 Å². The molecule has 0 atom stereocenters. The monoisotopic (exact) mass is 327 g/mol. The van der Waals surface area contributed by atoms with Crippen molar-refractivity contribution in [3.8, 4) is 0 Å². The van der Waals surface area contributed by atoms with Crippen molar-refractivity contribution in [2.45, 2.75) is 40.7 Å². The van der Waals surface area contributed by atoms with E-state index in [1.165, 1.54) is 22.4 Å². The summed E-state index contributed by atoms with van der Waals surface area (Å²) in [5, 5.41) is 11.2. The van der Waals surface area contributed by atoms with E-state index >= 15 is 0 Å². The molecular formula is C19H29N5. The zero-order valence-electron chi connectivity index (χ0n) is 15.5. The van der Waals surface area contributed by atoms with E-state index in [1.54, 1.807) is 0 Å². The summed E-state index contributed by atoms with van der Waals surface area (Å²) < 4.78 is 1.95. The fourth-order valence-corrected chi connectivity index (χ4v) is 2.78. The lowest BCUT2D eigenvalue weighted by Crippen LogP contribution is -2.38. The number of guanidine groups is 1. The average Bonchev–Trinajstić information content (AvgIpc) is 2.80. The summed E-state index contributed by atoms with van der Waals surface area (Å²) in [5.41, 5.74) is 6.20. The third-order valence-corrected chi connectivity index (χ3v) is 4.34. The predicted octanol–water partition coefficient (Wildman–Crippen LogP) is 2.64. The highest BCUT2D eigenvalue weighted by atomic mass is 15.3. The lowest BCUT2D eigenvalue weighted by Gasteiger charge is -2.12. The molecule has 0 aliphatic carbocycles. The lowest BCUT2D eigenvalue weighted by atomic mass is 10.1. The number of rotatable bonds is 6. The molecule has 1 aromatic carbocycles. The van der Waals surface area contributed by atoms with Gasteiger partial charge in [-0.2, -0.15) is 5.10 Å². The number of aliphatic imine (C=N–C) groups is 1. The number of nitrogens with zero attached hydrogens (tertiary/aromatic N) is 3. The van der Waals surface area contributed by atoms with Gasteiger partial charge in [0.15, 0.2) is 5.96 Å². The largest absolute Gasteiger partial charge is 0.357 e. The van der Waals surface area contributed by atoms with Crippen LogP contribution in [0.3, 0.4) is 0 Å². The van der Waals surface area contributed by atoms with Crippen LogP contribution >= 0.6 is 0 Å². The highest BCUT2D eigenvalue weighted by molar-refractivity contribution is 5.79. The Morgan fingerprint density at radius 1 is 1.17 bits per heavy atom. The Kier molecular flexibility index (Phi) is 6.41. The molecule has 2 rings (SSSR count). The van der Waals surface area contributed by atoms with Crippen molar-refractivity contribution in [1.29, 1.82) is 0 Å². The van der Waals surface area contributed by atoms with Crippen molar-refractivity contribution >= 4 is 5.96 Å². The van der Waals surface area contributed by atoms with Gasteiger partial charge in [-0.25, -0.2) is 4.99 Å². The molecule has 0 unspecified atom stereocenters. The van der Waals surface area contributed by atoms with E-state index in [4.69, 9.17) is 4.99 Å². The highest BCUT2D eigenvalue weighted by Gasteiger charge is 2.09. The minimum Gasteiger partial charge on any atom is -0.357 e. The molecule has 0 radical (unpaired) electrons. The fraction of sp³-hybridized carbons (Fsp3) is 0.474. The van der Waals surface area contributed by atoms with Gasteiger partial charge in [-0.3, -0.25) is 4.68 Å². The van der Waals surface area contributed by atoms with Crippen molar-refractivity contribution < 1.29 is 0 Å². The van der Waals surface area contributed by atoms with E-state index in [1.807, 2.05) is 11.7 Å². The Balaban J connectivity index is 1.96. The highest BCUT2D eigenvalue weighted by Crippen LogP contribution is 2.12. The molecule has 5 heteroatoms. The predicted molar refractivity (Wildman–Crippen MR) is 100 cm³/mol. The first-order valence-corrected chi connectivity index (χ1v) is 8.58. The molecule has 0 saturated heterocycles. The van der Waals surface area contributed by atoms with Crippen molar-refractivity contribution in [2.24, 2.45) is 12.0 Å². The van der Waals surface area contributed by atoms with Gasteiger partial charge in [0.2, 0.25) is 0 Å². The van der Waals surface area contributed by atoms with E-state index in [0.29, 0.717) is 6.54 Å².